The van der Waals surface area contributed by atoms with Gasteiger partial charge in [-0.05, 0) is 68.7 Å². The molecule has 1 aliphatic rings. The second-order valence-electron chi connectivity index (χ2n) is 9.12. The van der Waals surface area contributed by atoms with Gasteiger partial charge in [-0.25, -0.2) is 4.39 Å². The van der Waals surface area contributed by atoms with Crippen molar-refractivity contribution in [2.45, 2.75) is 45.4 Å². The first-order valence-corrected chi connectivity index (χ1v) is 12.0. The highest BCUT2D eigenvalue weighted by atomic mass is 19.1. The molecule has 2 aromatic carbocycles. The van der Waals surface area contributed by atoms with Crippen LogP contribution in [0.4, 0.5) is 4.39 Å². The fraction of sp³-hybridized carbons (Fsp3) is 0.357. The molecule has 0 spiro atoms. The summed E-state index contributed by atoms with van der Waals surface area (Å²) in [5.41, 5.74) is 2.99. The zero-order valence-corrected chi connectivity index (χ0v) is 20.5. The number of likely N-dealkylation sites (tertiary alicyclic amines) is 1. The summed E-state index contributed by atoms with van der Waals surface area (Å²) in [5.74, 6) is 1.06. The first-order valence-electron chi connectivity index (χ1n) is 12.0. The molecule has 1 aliphatic heterocycles. The normalized spacial score (nSPS) is 14.7. The highest BCUT2D eigenvalue weighted by Crippen LogP contribution is 2.30. The Morgan fingerprint density at radius 1 is 1.11 bits per heavy atom. The van der Waals surface area contributed by atoms with Crippen molar-refractivity contribution < 1.29 is 18.7 Å². The van der Waals surface area contributed by atoms with E-state index in [4.69, 9.17) is 9.47 Å². The lowest BCUT2D eigenvalue weighted by Gasteiger charge is -2.32. The molecular weight excluding hydrogens is 445 g/mol. The number of nitrogens with one attached hydrogen (secondary N) is 1. The second kappa shape index (κ2) is 11.3. The summed E-state index contributed by atoms with van der Waals surface area (Å²) >= 11 is 0. The van der Waals surface area contributed by atoms with Crippen molar-refractivity contribution in [1.29, 1.82) is 0 Å². The lowest BCUT2D eigenvalue weighted by atomic mass is 10.0. The van der Waals surface area contributed by atoms with Gasteiger partial charge in [0.1, 0.15) is 5.82 Å². The van der Waals surface area contributed by atoms with Gasteiger partial charge in [0.2, 0.25) is 0 Å². The third kappa shape index (κ3) is 6.57. The number of pyridine rings is 1. The molecular formula is C28H32FN3O3. The van der Waals surface area contributed by atoms with Crippen LogP contribution < -0.4 is 14.8 Å². The Morgan fingerprint density at radius 3 is 2.57 bits per heavy atom. The minimum atomic E-state index is -0.311. The summed E-state index contributed by atoms with van der Waals surface area (Å²) in [4.78, 5) is 19.4. The van der Waals surface area contributed by atoms with Gasteiger partial charge in [0.25, 0.3) is 5.91 Å². The van der Waals surface area contributed by atoms with Crippen molar-refractivity contribution >= 4 is 5.91 Å². The number of hydrogen-bond acceptors (Lipinski definition) is 5. The van der Waals surface area contributed by atoms with Crippen molar-refractivity contribution in [3.63, 3.8) is 0 Å². The van der Waals surface area contributed by atoms with Gasteiger partial charge in [-0.15, -0.1) is 0 Å². The Bertz CT molecular complexity index is 1140. The molecule has 1 fully saturated rings. The maximum absolute atomic E-state index is 13.5. The number of piperidine rings is 1. The van der Waals surface area contributed by atoms with Gasteiger partial charge in [0.15, 0.2) is 11.5 Å². The summed E-state index contributed by atoms with van der Waals surface area (Å²) in [5, 5.41) is 3.13. The van der Waals surface area contributed by atoms with Crippen LogP contribution in [-0.2, 0) is 6.54 Å². The van der Waals surface area contributed by atoms with E-state index >= 15 is 0 Å². The maximum Gasteiger partial charge on any atom is 0.253 e. The van der Waals surface area contributed by atoms with E-state index in [1.54, 1.807) is 37.6 Å². The third-order valence-corrected chi connectivity index (χ3v) is 6.07. The number of carbonyl (C=O) groups excluding carboxylic acids is 1. The van der Waals surface area contributed by atoms with E-state index in [0.717, 1.165) is 44.0 Å². The monoisotopic (exact) mass is 477 g/mol. The molecule has 1 aromatic heterocycles. The first kappa shape index (κ1) is 24.7. The average Bonchev–Trinajstić information content (AvgIpc) is 2.86. The smallest absolute Gasteiger partial charge is 0.253 e. The lowest BCUT2D eigenvalue weighted by molar-refractivity contribution is 0.0908. The molecule has 0 atom stereocenters. The lowest BCUT2D eigenvalue weighted by Crippen LogP contribution is -2.44. The molecule has 0 unspecified atom stereocenters. The van der Waals surface area contributed by atoms with Crippen LogP contribution in [0.15, 0.2) is 60.8 Å². The van der Waals surface area contributed by atoms with E-state index in [0.29, 0.717) is 16.8 Å². The number of methoxy groups -OCH3 is 1. The van der Waals surface area contributed by atoms with E-state index in [1.807, 2.05) is 26.0 Å². The molecule has 6 nitrogen and oxygen atoms in total. The number of amides is 1. The Labute approximate surface area is 206 Å². The molecule has 1 N–H and O–H groups in total. The van der Waals surface area contributed by atoms with E-state index in [-0.39, 0.29) is 23.9 Å². The predicted octanol–water partition coefficient (Wildman–Crippen LogP) is 5.08. The van der Waals surface area contributed by atoms with Crippen LogP contribution in [0, 0.1) is 5.82 Å². The van der Waals surface area contributed by atoms with Crippen LogP contribution in [-0.4, -0.2) is 48.1 Å². The van der Waals surface area contributed by atoms with Crippen molar-refractivity contribution in [2.75, 3.05) is 20.2 Å². The zero-order valence-electron chi connectivity index (χ0n) is 20.5. The van der Waals surface area contributed by atoms with E-state index in [2.05, 4.69) is 21.3 Å². The van der Waals surface area contributed by atoms with Crippen molar-refractivity contribution in [3.8, 4) is 22.8 Å². The molecule has 3 aromatic rings. The number of halogens is 1. The summed E-state index contributed by atoms with van der Waals surface area (Å²) in [6.07, 6.45) is 3.40. The SMILES string of the molecule is COc1cc(CN2CCC(NC(=O)c3ccc(-c4cccc(F)c4)nc3)CC2)ccc1OC(C)C. The second-order valence-corrected chi connectivity index (χ2v) is 9.12. The number of nitrogens with zero attached hydrogens (tertiary/aromatic N) is 2. The first-order chi connectivity index (χ1) is 16.9. The molecule has 184 valence electrons. The molecule has 2 heterocycles. The molecule has 0 bridgehead atoms. The van der Waals surface area contributed by atoms with Gasteiger partial charge in [-0.1, -0.05) is 18.2 Å². The fourth-order valence-corrected chi connectivity index (χ4v) is 4.27. The molecule has 4 rings (SSSR count). The van der Waals surface area contributed by atoms with E-state index in [1.165, 1.54) is 17.7 Å². The van der Waals surface area contributed by atoms with E-state index < -0.39 is 0 Å². The van der Waals surface area contributed by atoms with Crippen LogP contribution in [0.25, 0.3) is 11.3 Å². The fourth-order valence-electron chi connectivity index (χ4n) is 4.27. The van der Waals surface area contributed by atoms with Crippen LogP contribution in [0.2, 0.25) is 0 Å². The Balaban J connectivity index is 1.28. The van der Waals surface area contributed by atoms with Crippen LogP contribution in [0.3, 0.4) is 0 Å². The van der Waals surface area contributed by atoms with Crippen molar-refractivity contribution in [1.82, 2.24) is 15.2 Å². The number of carbonyl (C=O) groups is 1. The molecule has 0 radical (unpaired) electrons. The van der Waals surface area contributed by atoms with Gasteiger partial charge in [-0.2, -0.15) is 0 Å². The minimum absolute atomic E-state index is 0.0890. The minimum Gasteiger partial charge on any atom is -0.493 e. The summed E-state index contributed by atoms with van der Waals surface area (Å²) in [7, 11) is 1.66. The number of ether oxygens (including phenoxy) is 2. The Morgan fingerprint density at radius 2 is 1.91 bits per heavy atom. The standard InChI is InChI=1S/C28H32FN3O3/c1-19(2)35-26-10-7-20(15-27(26)34-3)18-32-13-11-24(12-14-32)31-28(33)22-8-9-25(30-17-22)21-5-4-6-23(29)16-21/h4-10,15-17,19,24H,11-14,18H2,1-3H3,(H,31,33). The topological polar surface area (TPSA) is 63.7 Å². The van der Waals surface area contributed by atoms with Gasteiger partial charge in [0.05, 0.1) is 24.5 Å². The molecule has 1 amide bonds. The van der Waals surface area contributed by atoms with Gasteiger partial charge in [-0.3, -0.25) is 14.7 Å². The number of aromatic nitrogens is 1. The van der Waals surface area contributed by atoms with Crippen LogP contribution in [0.1, 0.15) is 42.6 Å². The predicted molar refractivity (Wildman–Crippen MR) is 134 cm³/mol. The van der Waals surface area contributed by atoms with Crippen LogP contribution >= 0.6 is 0 Å². The highest BCUT2D eigenvalue weighted by molar-refractivity contribution is 5.94. The average molecular weight is 478 g/mol. The number of hydrogen-bond donors (Lipinski definition) is 1. The largest absolute Gasteiger partial charge is 0.493 e. The molecule has 0 saturated carbocycles. The summed E-state index contributed by atoms with van der Waals surface area (Å²) in [6, 6.07) is 15.9. The van der Waals surface area contributed by atoms with Crippen LogP contribution in [0.5, 0.6) is 11.5 Å². The van der Waals surface area contributed by atoms with Gasteiger partial charge < -0.3 is 14.8 Å². The molecule has 0 aliphatic carbocycles. The van der Waals surface area contributed by atoms with Crippen molar-refractivity contribution in [2.24, 2.45) is 0 Å². The zero-order chi connectivity index (χ0) is 24.8. The molecule has 7 heteroatoms. The number of benzene rings is 2. The van der Waals surface area contributed by atoms with Gasteiger partial charge >= 0.3 is 0 Å². The van der Waals surface area contributed by atoms with Crippen molar-refractivity contribution in [3.05, 3.63) is 77.7 Å². The molecule has 35 heavy (non-hydrogen) atoms. The highest BCUT2D eigenvalue weighted by Gasteiger charge is 2.22. The quantitative estimate of drug-likeness (QED) is 0.490. The summed E-state index contributed by atoms with van der Waals surface area (Å²) < 4.78 is 24.8. The summed E-state index contributed by atoms with van der Waals surface area (Å²) in [6.45, 7) is 6.61. The third-order valence-electron chi connectivity index (χ3n) is 6.07. The van der Waals surface area contributed by atoms with E-state index in [9.17, 15) is 9.18 Å². The molecule has 1 saturated heterocycles. The maximum atomic E-state index is 13.5. The van der Waals surface area contributed by atoms with Gasteiger partial charge in [0, 0.05) is 37.4 Å². The Hall–Kier alpha value is -3.45. The number of rotatable bonds is 8. The Kier molecular flexibility index (Phi) is 7.98.